The molecule has 0 heterocycles. The second-order valence-corrected chi connectivity index (χ2v) is 5.67. The van der Waals surface area contributed by atoms with Gasteiger partial charge in [0.15, 0.2) is 0 Å². The molecule has 124 valence electrons. The summed E-state index contributed by atoms with van der Waals surface area (Å²) in [5, 5.41) is 2.58. The molecule has 0 aliphatic carbocycles. The van der Waals surface area contributed by atoms with E-state index in [-0.39, 0.29) is 5.56 Å². The number of methoxy groups -OCH3 is 1. The second kappa shape index (κ2) is 8.18. The Morgan fingerprint density at radius 2 is 2.00 bits per heavy atom. The van der Waals surface area contributed by atoms with Gasteiger partial charge in [-0.2, -0.15) is 0 Å². The first-order valence-corrected chi connectivity index (χ1v) is 7.06. The van der Waals surface area contributed by atoms with Crippen LogP contribution in [0.3, 0.4) is 0 Å². The zero-order valence-corrected chi connectivity index (χ0v) is 13.7. The van der Waals surface area contributed by atoms with Gasteiger partial charge in [-0.3, -0.25) is 0 Å². The maximum absolute atomic E-state index is 13.5. The van der Waals surface area contributed by atoms with E-state index in [1.807, 2.05) is 0 Å². The third kappa shape index (κ3) is 6.83. The number of alkyl carbamates (subject to hydrolysis) is 1. The van der Waals surface area contributed by atoms with Crippen molar-refractivity contribution >= 4 is 12.1 Å². The average molecular weight is 321 g/mol. The molecule has 0 saturated heterocycles. The van der Waals surface area contributed by atoms with Gasteiger partial charge in [0.2, 0.25) is 0 Å². The van der Waals surface area contributed by atoms with Crippen molar-refractivity contribution in [1.82, 2.24) is 5.32 Å². The Hall–Kier alpha value is -2.55. The molecular weight excluding hydrogens is 301 g/mol. The summed E-state index contributed by atoms with van der Waals surface area (Å²) in [4.78, 5) is 22.8. The summed E-state index contributed by atoms with van der Waals surface area (Å²) < 4.78 is 23.0. The van der Waals surface area contributed by atoms with Crippen molar-refractivity contribution in [3.8, 4) is 11.8 Å². The zero-order valence-electron chi connectivity index (χ0n) is 13.7. The molecule has 0 aromatic heterocycles. The van der Waals surface area contributed by atoms with Crippen LogP contribution in [0.5, 0.6) is 0 Å². The van der Waals surface area contributed by atoms with Gasteiger partial charge >= 0.3 is 12.1 Å². The fraction of sp³-hybridized carbons (Fsp3) is 0.412. The molecule has 0 fully saturated rings. The molecule has 0 unspecified atom stereocenters. The first kappa shape index (κ1) is 18.5. The predicted molar refractivity (Wildman–Crippen MR) is 83.5 cm³/mol. The van der Waals surface area contributed by atoms with Gasteiger partial charge in [0.05, 0.1) is 12.7 Å². The van der Waals surface area contributed by atoms with Gasteiger partial charge in [0.1, 0.15) is 11.4 Å². The molecule has 1 amide bonds. The minimum atomic E-state index is -0.752. The molecule has 1 rings (SSSR count). The minimum absolute atomic E-state index is 0.161. The number of carbonyl (C=O) groups excluding carboxylic acids is 2. The zero-order chi connectivity index (χ0) is 17.5. The lowest BCUT2D eigenvalue weighted by Crippen LogP contribution is -2.32. The number of ether oxygens (including phenoxy) is 2. The lowest BCUT2D eigenvalue weighted by Gasteiger charge is -2.19. The van der Waals surface area contributed by atoms with Crippen LogP contribution in [0.1, 0.15) is 43.1 Å². The molecule has 0 aliphatic rings. The molecule has 0 atom stereocenters. The summed E-state index contributed by atoms with van der Waals surface area (Å²) in [5.41, 5.74) is -0.219. The van der Waals surface area contributed by atoms with E-state index in [9.17, 15) is 14.0 Å². The number of benzene rings is 1. The largest absolute Gasteiger partial charge is 0.465 e. The molecule has 6 heteroatoms. The second-order valence-electron chi connectivity index (χ2n) is 5.67. The van der Waals surface area contributed by atoms with Crippen LogP contribution in [0, 0.1) is 17.7 Å². The summed E-state index contributed by atoms with van der Waals surface area (Å²) >= 11 is 0. The van der Waals surface area contributed by atoms with E-state index in [0.29, 0.717) is 18.5 Å². The topological polar surface area (TPSA) is 64.6 Å². The highest BCUT2D eigenvalue weighted by atomic mass is 19.1. The third-order valence-electron chi connectivity index (χ3n) is 2.52. The normalized spacial score (nSPS) is 10.3. The fourth-order valence-corrected chi connectivity index (χ4v) is 1.58. The Morgan fingerprint density at radius 1 is 1.30 bits per heavy atom. The predicted octanol–water partition coefficient (Wildman–Crippen LogP) is 2.88. The Labute approximate surface area is 135 Å². The number of rotatable bonds is 3. The first-order valence-electron chi connectivity index (χ1n) is 7.06. The molecular formula is C17H20FNO4. The van der Waals surface area contributed by atoms with Crippen molar-refractivity contribution in [3.05, 3.63) is 35.1 Å². The van der Waals surface area contributed by atoms with E-state index in [1.54, 1.807) is 20.8 Å². The maximum atomic E-state index is 13.5. The number of hydrogen-bond donors (Lipinski definition) is 1. The van der Waals surface area contributed by atoms with Crippen molar-refractivity contribution in [3.63, 3.8) is 0 Å². The monoisotopic (exact) mass is 321 g/mol. The van der Waals surface area contributed by atoms with Crippen LogP contribution in [0.25, 0.3) is 0 Å². The average Bonchev–Trinajstić information content (AvgIpc) is 2.45. The van der Waals surface area contributed by atoms with Crippen LogP contribution in [-0.4, -0.2) is 31.3 Å². The van der Waals surface area contributed by atoms with Crippen LogP contribution in [0.15, 0.2) is 18.2 Å². The highest BCUT2D eigenvalue weighted by Gasteiger charge is 2.15. The number of carbonyl (C=O) groups is 2. The molecule has 1 aromatic carbocycles. The highest BCUT2D eigenvalue weighted by molar-refractivity contribution is 5.90. The van der Waals surface area contributed by atoms with Gasteiger partial charge in [0, 0.05) is 18.5 Å². The van der Waals surface area contributed by atoms with Gasteiger partial charge in [0.25, 0.3) is 0 Å². The van der Waals surface area contributed by atoms with E-state index in [1.165, 1.54) is 19.2 Å². The SMILES string of the molecule is COC(=O)c1cc(C#CCCNC(=O)OC(C)(C)C)ccc1F. The summed E-state index contributed by atoms with van der Waals surface area (Å²) in [6.45, 7) is 5.66. The third-order valence-corrected chi connectivity index (χ3v) is 2.52. The van der Waals surface area contributed by atoms with Gasteiger partial charge in [-0.05, 0) is 39.0 Å². The molecule has 0 spiro atoms. The van der Waals surface area contributed by atoms with Gasteiger partial charge in [-0.15, -0.1) is 0 Å². The number of amides is 1. The molecule has 1 aromatic rings. The summed E-state index contributed by atoms with van der Waals surface area (Å²) in [5.74, 6) is 4.21. The standard InChI is InChI=1S/C17H20FNO4/c1-17(2,3)23-16(21)19-10-6-5-7-12-8-9-14(18)13(11-12)15(20)22-4/h8-9,11H,6,10H2,1-4H3,(H,19,21). The Balaban J connectivity index is 2.54. The lowest BCUT2D eigenvalue weighted by molar-refractivity contribution is 0.0527. The van der Waals surface area contributed by atoms with E-state index in [4.69, 9.17) is 4.74 Å². The van der Waals surface area contributed by atoms with Crippen LogP contribution in [0.2, 0.25) is 0 Å². The van der Waals surface area contributed by atoms with Crippen molar-refractivity contribution in [1.29, 1.82) is 0 Å². The van der Waals surface area contributed by atoms with Crippen LogP contribution < -0.4 is 5.32 Å². The molecule has 0 radical (unpaired) electrons. The lowest BCUT2D eigenvalue weighted by atomic mass is 10.1. The Kier molecular flexibility index (Phi) is 6.58. The molecule has 5 nitrogen and oxygen atoms in total. The van der Waals surface area contributed by atoms with E-state index in [0.717, 1.165) is 6.07 Å². The Morgan fingerprint density at radius 3 is 2.61 bits per heavy atom. The van der Waals surface area contributed by atoms with E-state index >= 15 is 0 Å². The van der Waals surface area contributed by atoms with Crippen LogP contribution >= 0.6 is 0 Å². The van der Waals surface area contributed by atoms with E-state index in [2.05, 4.69) is 21.9 Å². The van der Waals surface area contributed by atoms with Crippen molar-refractivity contribution in [2.24, 2.45) is 0 Å². The summed E-state index contributed by atoms with van der Waals surface area (Å²) in [6.07, 6.45) is -0.112. The quantitative estimate of drug-likeness (QED) is 0.528. The molecule has 23 heavy (non-hydrogen) atoms. The van der Waals surface area contributed by atoms with Crippen LogP contribution in [0.4, 0.5) is 9.18 Å². The van der Waals surface area contributed by atoms with Crippen LogP contribution in [-0.2, 0) is 9.47 Å². The van der Waals surface area contributed by atoms with Gasteiger partial charge in [-0.25, -0.2) is 14.0 Å². The molecule has 0 bridgehead atoms. The molecule has 0 aliphatic heterocycles. The summed E-state index contributed by atoms with van der Waals surface area (Å²) in [6, 6.07) is 3.96. The van der Waals surface area contributed by atoms with Crippen molar-refractivity contribution in [2.75, 3.05) is 13.7 Å². The maximum Gasteiger partial charge on any atom is 0.407 e. The van der Waals surface area contributed by atoms with E-state index < -0.39 is 23.5 Å². The Bertz CT molecular complexity index is 638. The molecule has 0 saturated carbocycles. The number of nitrogens with one attached hydrogen (secondary N) is 1. The van der Waals surface area contributed by atoms with Gasteiger partial charge < -0.3 is 14.8 Å². The molecule has 1 N–H and O–H groups in total. The van der Waals surface area contributed by atoms with Gasteiger partial charge in [-0.1, -0.05) is 11.8 Å². The number of esters is 1. The highest BCUT2D eigenvalue weighted by Crippen LogP contribution is 2.11. The van der Waals surface area contributed by atoms with Crippen molar-refractivity contribution in [2.45, 2.75) is 32.8 Å². The summed E-state index contributed by atoms with van der Waals surface area (Å²) in [7, 11) is 1.18. The smallest absolute Gasteiger partial charge is 0.407 e. The fourth-order valence-electron chi connectivity index (χ4n) is 1.58. The number of hydrogen-bond acceptors (Lipinski definition) is 4. The minimum Gasteiger partial charge on any atom is -0.465 e. The number of halogens is 1. The first-order chi connectivity index (χ1) is 10.7. The van der Waals surface area contributed by atoms with Crippen molar-refractivity contribution < 1.29 is 23.5 Å².